The maximum absolute atomic E-state index is 12.3. The SMILES string of the molecule is CCN1C(=O)/C(=C\C=C2/Sc3cc(C)c(C)cc3N2CCO)SC1=S. The minimum atomic E-state index is -0.0322. The summed E-state index contributed by atoms with van der Waals surface area (Å²) in [6.07, 6.45) is 3.79. The molecule has 1 saturated heterocycles. The van der Waals surface area contributed by atoms with E-state index in [9.17, 15) is 9.90 Å². The van der Waals surface area contributed by atoms with Crippen LogP contribution in [0.2, 0.25) is 0 Å². The van der Waals surface area contributed by atoms with E-state index in [1.54, 1.807) is 16.7 Å². The van der Waals surface area contributed by atoms with Gasteiger partial charge in [-0.15, -0.1) is 0 Å². The molecule has 1 aromatic rings. The first-order chi connectivity index (χ1) is 12.0. The number of amides is 1. The van der Waals surface area contributed by atoms with Crippen molar-refractivity contribution in [3.05, 3.63) is 45.3 Å². The first-order valence-corrected chi connectivity index (χ1v) is 10.1. The molecule has 132 valence electrons. The molecule has 1 fully saturated rings. The van der Waals surface area contributed by atoms with Gasteiger partial charge in [0, 0.05) is 18.0 Å². The number of hydrogen-bond acceptors (Lipinski definition) is 6. The highest BCUT2D eigenvalue weighted by molar-refractivity contribution is 8.26. The second-order valence-corrected chi connectivity index (χ2v) is 8.57. The second kappa shape index (κ2) is 7.53. The largest absolute Gasteiger partial charge is 0.395 e. The zero-order valence-electron chi connectivity index (χ0n) is 14.4. The van der Waals surface area contributed by atoms with Gasteiger partial charge in [0.05, 0.1) is 22.2 Å². The van der Waals surface area contributed by atoms with Crippen LogP contribution >= 0.6 is 35.7 Å². The zero-order valence-corrected chi connectivity index (χ0v) is 16.9. The lowest BCUT2D eigenvalue weighted by molar-refractivity contribution is -0.122. The lowest BCUT2D eigenvalue weighted by atomic mass is 10.1. The van der Waals surface area contributed by atoms with Crippen molar-refractivity contribution in [3.63, 3.8) is 0 Å². The van der Waals surface area contributed by atoms with Crippen LogP contribution in [0.4, 0.5) is 5.69 Å². The molecule has 4 nitrogen and oxygen atoms in total. The molecule has 7 heteroatoms. The normalized spacial score (nSPS) is 20.3. The Bertz CT molecular complexity index is 802. The molecule has 2 aliphatic heterocycles. The molecule has 1 amide bonds. The first-order valence-electron chi connectivity index (χ1n) is 8.09. The number of carbonyl (C=O) groups is 1. The summed E-state index contributed by atoms with van der Waals surface area (Å²) in [5.74, 6) is -0.0322. The third kappa shape index (κ3) is 3.51. The highest BCUT2D eigenvalue weighted by Crippen LogP contribution is 2.47. The molecule has 0 unspecified atom stereocenters. The summed E-state index contributed by atoms with van der Waals surface area (Å²) in [7, 11) is 0. The number of aliphatic hydroxyl groups excluding tert-OH is 1. The number of carbonyl (C=O) groups excluding carboxylic acids is 1. The predicted molar refractivity (Wildman–Crippen MR) is 110 cm³/mol. The Morgan fingerprint density at radius 2 is 1.88 bits per heavy atom. The number of likely N-dealkylation sites (N-methyl/N-ethyl adjacent to an activating group) is 1. The zero-order chi connectivity index (χ0) is 18.1. The fourth-order valence-corrected chi connectivity index (χ4v) is 5.24. The highest BCUT2D eigenvalue weighted by Gasteiger charge is 2.31. The number of thiocarbonyl (C=S) groups is 1. The van der Waals surface area contributed by atoms with Crippen molar-refractivity contribution < 1.29 is 9.90 Å². The van der Waals surface area contributed by atoms with Gasteiger partial charge >= 0.3 is 0 Å². The third-order valence-corrected chi connectivity index (χ3v) is 6.75. The van der Waals surface area contributed by atoms with E-state index in [4.69, 9.17) is 12.2 Å². The van der Waals surface area contributed by atoms with Crippen LogP contribution < -0.4 is 4.90 Å². The Morgan fingerprint density at radius 3 is 2.52 bits per heavy atom. The van der Waals surface area contributed by atoms with E-state index in [1.807, 2.05) is 19.1 Å². The maximum Gasteiger partial charge on any atom is 0.266 e. The van der Waals surface area contributed by atoms with Crippen LogP contribution in [0.1, 0.15) is 18.1 Å². The molecule has 2 heterocycles. The van der Waals surface area contributed by atoms with Crippen molar-refractivity contribution in [1.82, 2.24) is 4.90 Å². The molecule has 0 saturated carbocycles. The van der Waals surface area contributed by atoms with Crippen LogP contribution in [0, 0.1) is 13.8 Å². The van der Waals surface area contributed by atoms with Gasteiger partial charge in [-0.05, 0) is 56.2 Å². The smallest absolute Gasteiger partial charge is 0.266 e. The number of anilines is 1. The van der Waals surface area contributed by atoms with Crippen molar-refractivity contribution in [2.24, 2.45) is 0 Å². The quantitative estimate of drug-likeness (QED) is 0.621. The maximum atomic E-state index is 12.3. The van der Waals surface area contributed by atoms with Crippen molar-refractivity contribution in [2.75, 3.05) is 24.6 Å². The Morgan fingerprint density at radius 1 is 1.16 bits per heavy atom. The molecular formula is C18H20N2O2S3. The van der Waals surface area contributed by atoms with E-state index >= 15 is 0 Å². The van der Waals surface area contributed by atoms with Crippen LogP contribution in [0.15, 0.2) is 39.1 Å². The molecule has 0 aromatic heterocycles. The molecule has 0 bridgehead atoms. The summed E-state index contributed by atoms with van der Waals surface area (Å²) in [4.78, 5) is 17.9. The van der Waals surface area contributed by atoms with Gasteiger partial charge in [0.1, 0.15) is 4.32 Å². The van der Waals surface area contributed by atoms with Gasteiger partial charge in [0.2, 0.25) is 0 Å². The van der Waals surface area contributed by atoms with Gasteiger partial charge in [0.25, 0.3) is 5.91 Å². The van der Waals surface area contributed by atoms with E-state index in [0.717, 1.165) is 10.7 Å². The molecule has 3 rings (SSSR count). The van der Waals surface area contributed by atoms with Gasteiger partial charge < -0.3 is 10.0 Å². The molecule has 1 N–H and O–H groups in total. The summed E-state index contributed by atoms with van der Waals surface area (Å²) in [6.45, 7) is 7.30. The molecule has 1 aromatic carbocycles. The number of allylic oxidation sites excluding steroid dienone is 2. The number of fused-ring (bicyclic) bond motifs is 1. The van der Waals surface area contributed by atoms with Crippen LogP contribution in [0.25, 0.3) is 0 Å². The Kier molecular flexibility index (Phi) is 5.58. The van der Waals surface area contributed by atoms with Gasteiger partial charge in [-0.3, -0.25) is 9.69 Å². The predicted octanol–water partition coefficient (Wildman–Crippen LogP) is 3.81. The molecule has 0 spiro atoms. The number of benzene rings is 1. The molecule has 0 radical (unpaired) electrons. The van der Waals surface area contributed by atoms with Crippen LogP contribution in [-0.2, 0) is 4.79 Å². The fourth-order valence-electron chi connectivity index (χ4n) is 2.74. The number of β-amino-alcohol motifs (C(OH)–C–C–N with tert-alkyl or cyclic N) is 1. The summed E-state index contributed by atoms with van der Waals surface area (Å²) >= 11 is 8.25. The van der Waals surface area contributed by atoms with Crippen LogP contribution in [0.3, 0.4) is 0 Å². The van der Waals surface area contributed by atoms with Gasteiger partial charge in [-0.25, -0.2) is 0 Å². The number of hydrogen-bond donors (Lipinski definition) is 1. The van der Waals surface area contributed by atoms with Gasteiger partial charge in [-0.2, -0.15) is 0 Å². The van der Waals surface area contributed by atoms with Crippen molar-refractivity contribution in [2.45, 2.75) is 25.7 Å². The minimum absolute atomic E-state index is 0.0322. The summed E-state index contributed by atoms with van der Waals surface area (Å²) in [6, 6.07) is 4.34. The summed E-state index contributed by atoms with van der Waals surface area (Å²) in [5, 5.41) is 10.5. The number of rotatable bonds is 4. The standard InChI is InChI=1S/C18H20N2O2S3/c1-4-19-17(22)14(25-18(19)23)5-6-16-20(7-8-21)13-9-11(2)12(3)10-15(13)24-16/h5-6,9-10,21H,4,7-8H2,1-3H3/b14-5+,16-6-. The van der Waals surface area contributed by atoms with E-state index in [-0.39, 0.29) is 12.5 Å². The highest BCUT2D eigenvalue weighted by atomic mass is 32.2. The summed E-state index contributed by atoms with van der Waals surface area (Å²) in [5.41, 5.74) is 3.59. The van der Waals surface area contributed by atoms with E-state index in [2.05, 4.69) is 30.9 Å². The van der Waals surface area contributed by atoms with Crippen LogP contribution in [0.5, 0.6) is 0 Å². The van der Waals surface area contributed by atoms with Crippen molar-refractivity contribution >= 4 is 51.7 Å². The lowest BCUT2D eigenvalue weighted by Gasteiger charge is -2.19. The average Bonchev–Trinajstić information content (AvgIpc) is 3.03. The first kappa shape index (κ1) is 18.5. The average molecular weight is 393 g/mol. The van der Waals surface area contributed by atoms with E-state index in [0.29, 0.717) is 22.3 Å². The fraction of sp³-hybridized carbons (Fsp3) is 0.333. The monoisotopic (exact) mass is 392 g/mol. The molecular weight excluding hydrogens is 372 g/mol. The number of aliphatic hydroxyl groups is 1. The second-order valence-electron chi connectivity index (χ2n) is 5.83. The Balaban J connectivity index is 1.92. The molecule has 0 atom stereocenters. The molecule has 25 heavy (non-hydrogen) atoms. The van der Waals surface area contributed by atoms with Crippen molar-refractivity contribution in [1.29, 1.82) is 0 Å². The Labute approximate surface area is 162 Å². The van der Waals surface area contributed by atoms with Gasteiger partial charge in [0.15, 0.2) is 0 Å². The minimum Gasteiger partial charge on any atom is -0.395 e. The van der Waals surface area contributed by atoms with Crippen molar-refractivity contribution in [3.8, 4) is 0 Å². The lowest BCUT2D eigenvalue weighted by Crippen LogP contribution is -2.27. The van der Waals surface area contributed by atoms with Crippen LogP contribution in [-0.4, -0.2) is 39.9 Å². The topological polar surface area (TPSA) is 43.8 Å². The van der Waals surface area contributed by atoms with E-state index in [1.165, 1.54) is 27.8 Å². The summed E-state index contributed by atoms with van der Waals surface area (Å²) < 4.78 is 0.609. The Hall–Kier alpha value is -1.28. The number of nitrogens with zero attached hydrogens (tertiary/aromatic N) is 2. The number of aryl methyl sites for hydroxylation is 2. The number of thioether (sulfide) groups is 2. The molecule has 2 aliphatic rings. The third-order valence-electron chi connectivity index (χ3n) is 4.24. The van der Waals surface area contributed by atoms with Gasteiger partial charge in [-0.1, -0.05) is 35.7 Å². The molecule has 0 aliphatic carbocycles. The van der Waals surface area contributed by atoms with E-state index < -0.39 is 0 Å².